The zero-order chi connectivity index (χ0) is 20.0. The van der Waals surface area contributed by atoms with Crippen LogP contribution in [0.3, 0.4) is 0 Å². The third-order valence-electron chi connectivity index (χ3n) is 3.27. The van der Waals surface area contributed by atoms with E-state index >= 15 is 0 Å². The van der Waals surface area contributed by atoms with E-state index in [2.05, 4.69) is 15.4 Å². The Kier molecular flexibility index (Phi) is 6.27. The lowest BCUT2D eigenvalue weighted by Crippen LogP contribution is -2.15. The minimum Gasteiger partial charge on any atom is -0.289 e. The molecule has 0 saturated heterocycles. The number of rotatable bonds is 3. The van der Waals surface area contributed by atoms with Gasteiger partial charge in [0, 0.05) is 5.56 Å². The van der Waals surface area contributed by atoms with Crippen LogP contribution in [0.1, 0.15) is 29.8 Å². The number of alkyl halides is 3. The number of amides is 1. The molecule has 2 aromatic carbocycles. The summed E-state index contributed by atoms with van der Waals surface area (Å²) in [6.07, 6.45) is -3.87. The molecule has 0 unspecified atom stereocenters. The molecule has 0 aliphatic rings. The number of nitrogens with zero attached hydrogens (tertiary/aromatic N) is 3. The van der Waals surface area contributed by atoms with Gasteiger partial charge in [-0.2, -0.15) is 18.2 Å². The smallest absolute Gasteiger partial charge is 0.289 e. The van der Waals surface area contributed by atoms with Gasteiger partial charge in [0.1, 0.15) is 17.8 Å². The first-order valence-corrected chi connectivity index (χ1v) is 8.00. The average molecular weight is 380 g/mol. The highest BCUT2D eigenvalue weighted by Crippen LogP contribution is 2.34. The molecule has 9 heteroatoms. The molecule has 0 aliphatic carbocycles. The summed E-state index contributed by atoms with van der Waals surface area (Å²) in [6.45, 7) is 4.00. The molecule has 27 heavy (non-hydrogen) atoms. The van der Waals surface area contributed by atoms with Gasteiger partial charge in [0.15, 0.2) is 0 Å². The highest BCUT2D eigenvalue weighted by Gasteiger charge is 2.35. The molecular formula is C18H16F4N4O. The lowest BCUT2D eigenvalue weighted by molar-refractivity contribution is -0.137. The Morgan fingerprint density at radius 2 is 1.70 bits per heavy atom. The van der Waals surface area contributed by atoms with E-state index in [1.807, 2.05) is 13.8 Å². The molecule has 1 amide bonds. The normalized spacial score (nSPS) is 10.7. The van der Waals surface area contributed by atoms with Crippen LogP contribution < -0.4 is 5.32 Å². The quantitative estimate of drug-likeness (QED) is 0.670. The third kappa shape index (κ3) is 4.69. The standard InChI is InChI=1S/C16H10F4N4O.C2H6/c17-12-8-4-7-11(16(18,19)20)13(12)24-9-21-15(23-24)22-14(25)10-5-2-1-3-6-10;1-2/h1-9H,(H,22,23,25);1-2H3. The fraction of sp³-hybridized carbons (Fsp3) is 0.167. The van der Waals surface area contributed by atoms with E-state index in [1.165, 1.54) is 0 Å². The number of halogens is 4. The summed E-state index contributed by atoms with van der Waals surface area (Å²) in [7, 11) is 0. The summed E-state index contributed by atoms with van der Waals surface area (Å²) in [5.41, 5.74) is -1.67. The number of carbonyl (C=O) groups is 1. The fourth-order valence-electron chi connectivity index (χ4n) is 2.17. The van der Waals surface area contributed by atoms with Crippen LogP contribution >= 0.6 is 0 Å². The summed E-state index contributed by atoms with van der Waals surface area (Å²) in [6, 6.07) is 10.7. The van der Waals surface area contributed by atoms with Gasteiger partial charge in [0.05, 0.1) is 5.56 Å². The molecule has 0 fully saturated rings. The molecule has 1 N–H and O–H groups in total. The van der Waals surface area contributed by atoms with Gasteiger partial charge in [-0.25, -0.2) is 9.07 Å². The second-order valence-corrected chi connectivity index (χ2v) is 4.97. The minimum atomic E-state index is -4.77. The summed E-state index contributed by atoms with van der Waals surface area (Å²) in [5.74, 6) is -1.89. The third-order valence-corrected chi connectivity index (χ3v) is 3.27. The van der Waals surface area contributed by atoms with Gasteiger partial charge >= 0.3 is 6.18 Å². The first kappa shape index (κ1) is 20.1. The zero-order valence-corrected chi connectivity index (χ0v) is 14.5. The summed E-state index contributed by atoms with van der Waals surface area (Å²) < 4.78 is 53.7. The number of hydrogen-bond donors (Lipinski definition) is 1. The molecule has 0 spiro atoms. The Morgan fingerprint density at radius 3 is 2.33 bits per heavy atom. The van der Waals surface area contributed by atoms with Crippen molar-refractivity contribution in [3.05, 3.63) is 71.8 Å². The van der Waals surface area contributed by atoms with E-state index in [9.17, 15) is 22.4 Å². The van der Waals surface area contributed by atoms with E-state index in [4.69, 9.17) is 0 Å². The number of anilines is 1. The van der Waals surface area contributed by atoms with Crippen molar-refractivity contribution in [1.82, 2.24) is 14.8 Å². The SMILES string of the molecule is CC.O=C(Nc1ncn(-c2c(F)cccc2C(F)(F)F)n1)c1ccccc1. The van der Waals surface area contributed by atoms with Gasteiger partial charge in [-0.15, -0.1) is 5.10 Å². The molecular weight excluding hydrogens is 364 g/mol. The Bertz CT molecular complexity index is 907. The molecule has 0 radical (unpaired) electrons. The zero-order valence-electron chi connectivity index (χ0n) is 14.5. The van der Waals surface area contributed by atoms with Gasteiger partial charge < -0.3 is 0 Å². The lowest BCUT2D eigenvalue weighted by atomic mass is 10.1. The van der Waals surface area contributed by atoms with Crippen LogP contribution in [0.25, 0.3) is 5.69 Å². The number of nitrogens with one attached hydrogen (secondary N) is 1. The molecule has 0 bridgehead atoms. The molecule has 3 aromatic rings. The highest BCUT2D eigenvalue weighted by molar-refractivity contribution is 6.03. The summed E-state index contributed by atoms with van der Waals surface area (Å²) in [4.78, 5) is 15.7. The number of benzene rings is 2. The molecule has 0 saturated carbocycles. The molecule has 142 valence electrons. The van der Waals surface area contributed by atoms with E-state index in [-0.39, 0.29) is 5.95 Å². The lowest BCUT2D eigenvalue weighted by Gasteiger charge is -2.12. The predicted octanol–water partition coefficient (Wildman–Crippen LogP) is 4.70. The number of carbonyl (C=O) groups excluding carboxylic acids is 1. The largest absolute Gasteiger partial charge is 0.418 e. The Balaban J connectivity index is 0.00000126. The van der Waals surface area contributed by atoms with Crippen LogP contribution in [-0.2, 0) is 6.18 Å². The van der Waals surface area contributed by atoms with Crippen LogP contribution in [0.4, 0.5) is 23.5 Å². The highest BCUT2D eigenvalue weighted by atomic mass is 19.4. The molecule has 1 heterocycles. The monoisotopic (exact) mass is 380 g/mol. The number of para-hydroxylation sites is 1. The number of hydrogen-bond acceptors (Lipinski definition) is 3. The van der Waals surface area contributed by atoms with Crippen molar-refractivity contribution in [2.24, 2.45) is 0 Å². The predicted molar refractivity (Wildman–Crippen MR) is 92.1 cm³/mol. The van der Waals surface area contributed by atoms with Crippen LogP contribution in [0.15, 0.2) is 54.9 Å². The maximum Gasteiger partial charge on any atom is 0.418 e. The van der Waals surface area contributed by atoms with Crippen LogP contribution in [0.5, 0.6) is 0 Å². The van der Waals surface area contributed by atoms with Crippen LogP contribution in [-0.4, -0.2) is 20.7 Å². The van der Waals surface area contributed by atoms with Gasteiger partial charge in [0.25, 0.3) is 5.91 Å². The fourth-order valence-corrected chi connectivity index (χ4v) is 2.17. The first-order chi connectivity index (χ1) is 12.9. The van der Waals surface area contributed by atoms with E-state index in [1.54, 1.807) is 30.3 Å². The summed E-state index contributed by atoms with van der Waals surface area (Å²) >= 11 is 0. The van der Waals surface area contributed by atoms with Gasteiger partial charge in [-0.05, 0) is 24.3 Å². The second kappa shape index (κ2) is 8.43. The van der Waals surface area contributed by atoms with Crippen molar-refractivity contribution in [3.8, 4) is 5.69 Å². The van der Waals surface area contributed by atoms with Crippen LogP contribution in [0, 0.1) is 5.82 Å². The van der Waals surface area contributed by atoms with Crippen molar-refractivity contribution in [2.75, 3.05) is 5.32 Å². The summed E-state index contributed by atoms with van der Waals surface area (Å²) in [5, 5.41) is 6.05. The van der Waals surface area contributed by atoms with Crippen LogP contribution in [0.2, 0.25) is 0 Å². The van der Waals surface area contributed by atoms with Crippen molar-refractivity contribution < 1.29 is 22.4 Å². The van der Waals surface area contributed by atoms with Crippen molar-refractivity contribution in [1.29, 1.82) is 0 Å². The Labute approximate surface area is 152 Å². The van der Waals surface area contributed by atoms with Gasteiger partial charge in [0.2, 0.25) is 5.95 Å². The number of aromatic nitrogens is 3. The van der Waals surface area contributed by atoms with Crippen molar-refractivity contribution >= 4 is 11.9 Å². The molecule has 3 rings (SSSR count). The minimum absolute atomic E-state index is 0.245. The van der Waals surface area contributed by atoms with Gasteiger partial charge in [-0.1, -0.05) is 38.1 Å². The van der Waals surface area contributed by atoms with Gasteiger partial charge in [-0.3, -0.25) is 10.1 Å². The first-order valence-electron chi connectivity index (χ1n) is 8.00. The van der Waals surface area contributed by atoms with E-state index in [0.29, 0.717) is 10.2 Å². The molecule has 0 atom stereocenters. The molecule has 5 nitrogen and oxygen atoms in total. The maximum absolute atomic E-state index is 13.9. The molecule has 0 aliphatic heterocycles. The van der Waals surface area contributed by atoms with Crippen molar-refractivity contribution in [2.45, 2.75) is 20.0 Å². The van der Waals surface area contributed by atoms with Crippen molar-refractivity contribution in [3.63, 3.8) is 0 Å². The molecule has 1 aromatic heterocycles. The van der Waals surface area contributed by atoms with E-state index in [0.717, 1.165) is 24.5 Å². The Hall–Kier alpha value is -3.23. The average Bonchev–Trinajstić information content (AvgIpc) is 3.11. The maximum atomic E-state index is 13.9. The topological polar surface area (TPSA) is 59.8 Å². The second-order valence-electron chi connectivity index (χ2n) is 4.97. The Morgan fingerprint density at radius 1 is 1.04 bits per heavy atom. The van der Waals surface area contributed by atoms with E-state index < -0.39 is 29.2 Å².